The lowest BCUT2D eigenvalue weighted by molar-refractivity contribution is -0.385. The van der Waals surface area contributed by atoms with Crippen molar-refractivity contribution in [1.29, 1.82) is 0 Å². The van der Waals surface area contributed by atoms with Crippen molar-refractivity contribution in [2.75, 3.05) is 5.32 Å². The van der Waals surface area contributed by atoms with Crippen molar-refractivity contribution >= 4 is 11.4 Å². The smallest absolute Gasteiger partial charge is 0.272 e. The monoisotopic (exact) mass is 272 g/mol. The van der Waals surface area contributed by atoms with Crippen LogP contribution in [0.4, 0.5) is 11.4 Å². The maximum Gasteiger partial charge on any atom is 0.272 e. The Bertz CT molecular complexity index is 656. The minimum absolute atomic E-state index is 0.144. The number of hydrogen-bond donors (Lipinski definition) is 1. The molecule has 1 aromatic carbocycles. The normalized spacial score (nSPS) is 10.3. The number of nitro groups is 1. The van der Waals surface area contributed by atoms with Gasteiger partial charge in [0.25, 0.3) is 5.69 Å². The molecule has 0 radical (unpaired) electrons. The van der Waals surface area contributed by atoms with Crippen LogP contribution in [0.5, 0.6) is 0 Å². The van der Waals surface area contributed by atoms with Crippen molar-refractivity contribution in [3.63, 3.8) is 0 Å². The Labute approximate surface area is 117 Å². The van der Waals surface area contributed by atoms with Crippen molar-refractivity contribution in [3.8, 4) is 0 Å². The predicted molar refractivity (Wildman–Crippen MR) is 76.7 cm³/mol. The van der Waals surface area contributed by atoms with Crippen molar-refractivity contribution in [3.05, 3.63) is 57.2 Å². The number of rotatable bonds is 4. The Balaban J connectivity index is 2.18. The molecule has 20 heavy (non-hydrogen) atoms. The molecule has 2 rings (SSSR count). The molecule has 1 aromatic heterocycles. The van der Waals surface area contributed by atoms with Gasteiger partial charge in [0.05, 0.1) is 17.2 Å². The van der Waals surface area contributed by atoms with Crippen LogP contribution >= 0.6 is 0 Å². The summed E-state index contributed by atoms with van der Waals surface area (Å²) in [7, 11) is 0. The third kappa shape index (κ3) is 3.09. The molecule has 0 fully saturated rings. The summed E-state index contributed by atoms with van der Waals surface area (Å²) in [5.74, 6) is 0.723. The SMILES string of the molecule is Cc1nccc(CNc2cc(C)c([N+](=O)[O-])cc2C)n1. The van der Waals surface area contributed by atoms with E-state index in [-0.39, 0.29) is 10.6 Å². The van der Waals surface area contributed by atoms with Crippen LogP contribution in [0.3, 0.4) is 0 Å². The van der Waals surface area contributed by atoms with Crippen molar-refractivity contribution < 1.29 is 4.92 Å². The van der Waals surface area contributed by atoms with Gasteiger partial charge in [0, 0.05) is 23.5 Å². The average Bonchev–Trinajstić information content (AvgIpc) is 2.39. The topological polar surface area (TPSA) is 81.0 Å². The first kappa shape index (κ1) is 13.9. The molecule has 0 aliphatic heterocycles. The van der Waals surface area contributed by atoms with Gasteiger partial charge < -0.3 is 5.32 Å². The third-order valence-electron chi connectivity index (χ3n) is 3.03. The molecule has 0 saturated heterocycles. The van der Waals surface area contributed by atoms with Gasteiger partial charge in [-0.15, -0.1) is 0 Å². The summed E-state index contributed by atoms with van der Waals surface area (Å²) in [4.78, 5) is 18.9. The standard InChI is InChI=1S/C14H16N4O2/c1-9-7-14(18(19)20)10(2)6-13(9)16-8-12-4-5-15-11(3)17-12/h4-7,16H,8H2,1-3H3. The van der Waals surface area contributed by atoms with Crippen LogP contribution < -0.4 is 5.32 Å². The van der Waals surface area contributed by atoms with Gasteiger partial charge in [-0.3, -0.25) is 10.1 Å². The van der Waals surface area contributed by atoms with E-state index in [1.165, 1.54) is 0 Å². The highest BCUT2D eigenvalue weighted by atomic mass is 16.6. The van der Waals surface area contributed by atoms with Crippen LogP contribution in [-0.2, 0) is 6.54 Å². The molecule has 1 N–H and O–H groups in total. The van der Waals surface area contributed by atoms with Crippen molar-refractivity contribution in [1.82, 2.24) is 9.97 Å². The number of benzene rings is 1. The van der Waals surface area contributed by atoms with Crippen molar-refractivity contribution in [2.45, 2.75) is 27.3 Å². The molecule has 0 unspecified atom stereocenters. The second kappa shape index (κ2) is 5.64. The number of nitrogens with one attached hydrogen (secondary N) is 1. The summed E-state index contributed by atoms with van der Waals surface area (Å²) >= 11 is 0. The largest absolute Gasteiger partial charge is 0.379 e. The zero-order valence-corrected chi connectivity index (χ0v) is 11.7. The summed E-state index contributed by atoms with van der Waals surface area (Å²) in [5.41, 5.74) is 3.39. The van der Waals surface area contributed by atoms with Gasteiger partial charge in [0.15, 0.2) is 0 Å². The lowest BCUT2D eigenvalue weighted by Gasteiger charge is -2.10. The van der Waals surface area contributed by atoms with E-state index in [9.17, 15) is 10.1 Å². The first-order valence-corrected chi connectivity index (χ1v) is 6.25. The molecule has 0 bridgehead atoms. The average molecular weight is 272 g/mol. The van der Waals surface area contributed by atoms with E-state index in [1.807, 2.05) is 19.9 Å². The second-order valence-corrected chi connectivity index (χ2v) is 4.66. The van der Waals surface area contributed by atoms with E-state index in [1.54, 1.807) is 25.3 Å². The summed E-state index contributed by atoms with van der Waals surface area (Å²) in [6, 6.07) is 5.22. The highest BCUT2D eigenvalue weighted by Crippen LogP contribution is 2.26. The van der Waals surface area contributed by atoms with E-state index >= 15 is 0 Å². The summed E-state index contributed by atoms with van der Waals surface area (Å²) in [5, 5.41) is 14.1. The van der Waals surface area contributed by atoms with Gasteiger partial charge in [-0.2, -0.15) is 0 Å². The van der Waals surface area contributed by atoms with Crippen LogP contribution in [0.2, 0.25) is 0 Å². The van der Waals surface area contributed by atoms with Crippen LogP contribution in [0.25, 0.3) is 0 Å². The number of aryl methyl sites for hydroxylation is 3. The zero-order valence-electron chi connectivity index (χ0n) is 11.7. The molecule has 0 saturated carbocycles. The number of nitro benzene ring substituents is 1. The summed E-state index contributed by atoms with van der Waals surface area (Å²) in [6.45, 7) is 5.98. The van der Waals surface area contributed by atoms with Crippen LogP contribution in [0.1, 0.15) is 22.6 Å². The number of anilines is 1. The molecule has 6 nitrogen and oxygen atoms in total. The van der Waals surface area contributed by atoms with Gasteiger partial charge in [0.1, 0.15) is 5.82 Å². The van der Waals surface area contributed by atoms with Gasteiger partial charge in [0.2, 0.25) is 0 Å². The minimum atomic E-state index is -0.361. The van der Waals surface area contributed by atoms with Gasteiger partial charge in [-0.05, 0) is 38.5 Å². The molecule has 2 aromatic rings. The third-order valence-corrected chi connectivity index (χ3v) is 3.03. The first-order chi connectivity index (χ1) is 9.47. The maximum absolute atomic E-state index is 10.9. The van der Waals surface area contributed by atoms with E-state index < -0.39 is 0 Å². The summed E-state index contributed by atoms with van der Waals surface area (Å²) in [6.07, 6.45) is 1.72. The number of hydrogen-bond acceptors (Lipinski definition) is 5. The quantitative estimate of drug-likeness (QED) is 0.683. The van der Waals surface area contributed by atoms with E-state index in [0.29, 0.717) is 12.1 Å². The van der Waals surface area contributed by atoms with Crippen LogP contribution in [0, 0.1) is 30.9 Å². The fourth-order valence-corrected chi connectivity index (χ4v) is 1.98. The first-order valence-electron chi connectivity index (χ1n) is 6.25. The van der Waals surface area contributed by atoms with Crippen molar-refractivity contribution in [2.24, 2.45) is 0 Å². The minimum Gasteiger partial charge on any atom is -0.379 e. The lowest BCUT2D eigenvalue weighted by Crippen LogP contribution is -2.05. The van der Waals surface area contributed by atoms with E-state index in [4.69, 9.17) is 0 Å². The molecule has 6 heteroatoms. The van der Waals surface area contributed by atoms with Crippen LogP contribution in [-0.4, -0.2) is 14.9 Å². The van der Waals surface area contributed by atoms with E-state index in [0.717, 1.165) is 22.8 Å². The van der Waals surface area contributed by atoms with E-state index in [2.05, 4.69) is 15.3 Å². The predicted octanol–water partition coefficient (Wildman–Crippen LogP) is 2.92. The molecule has 0 spiro atoms. The lowest BCUT2D eigenvalue weighted by atomic mass is 10.1. The molecule has 0 aliphatic carbocycles. The fourth-order valence-electron chi connectivity index (χ4n) is 1.98. The van der Waals surface area contributed by atoms with Crippen LogP contribution in [0.15, 0.2) is 24.4 Å². The zero-order chi connectivity index (χ0) is 14.7. The Morgan fingerprint density at radius 3 is 2.65 bits per heavy atom. The Kier molecular flexibility index (Phi) is 3.93. The second-order valence-electron chi connectivity index (χ2n) is 4.66. The van der Waals surface area contributed by atoms with Gasteiger partial charge in [-0.1, -0.05) is 0 Å². The maximum atomic E-state index is 10.9. The Morgan fingerprint density at radius 1 is 1.25 bits per heavy atom. The molecular weight excluding hydrogens is 256 g/mol. The number of nitrogens with zero attached hydrogens (tertiary/aromatic N) is 3. The summed E-state index contributed by atoms with van der Waals surface area (Å²) < 4.78 is 0. The fraction of sp³-hybridized carbons (Fsp3) is 0.286. The molecule has 0 atom stereocenters. The number of aromatic nitrogens is 2. The van der Waals surface area contributed by atoms with Gasteiger partial charge in [-0.25, -0.2) is 9.97 Å². The highest BCUT2D eigenvalue weighted by Gasteiger charge is 2.13. The molecule has 1 heterocycles. The molecule has 0 aliphatic rings. The molecule has 104 valence electrons. The molecular formula is C14H16N4O2. The Hall–Kier alpha value is -2.50. The Morgan fingerprint density at radius 2 is 2.00 bits per heavy atom. The molecule has 0 amide bonds. The highest BCUT2D eigenvalue weighted by molar-refractivity contribution is 5.59. The van der Waals surface area contributed by atoms with Gasteiger partial charge >= 0.3 is 0 Å².